The van der Waals surface area contributed by atoms with Crippen molar-refractivity contribution in [1.82, 2.24) is 5.43 Å². The fourth-order valence-electron chi connectivity index (χ4n) is 1.88. The molecular formula is C11H11F3N2O2. The Morgan fingerprint density at radius 3 is 2.89 bits per heavy atom. The van der Waals surface area contributed by atoms with Gasteiger partial charge in [-0.3, -0.25) is 0 Å². The Morgan fingerprint density at radius 1 is 1.56 bits per heavy atom. The molecule has 1 aromatic rings. The summed E-state index contributed by atoms with van der Waals surface area (Å²) in [7, 11) is 1.20. The molecule has 1 aromatic carbocycles. The number of nitrogens with one attached hydrogen (secondary N) is 1. The molecule has 1 aliphatic heterocycles. The molecule has 0 saturated carbocycles. The molecule has 0 spiro atoms. The Balaban J connectivity index is 2.35. The van der Waals surface area contributed by atoms with Crippen LogP contribution in [0, 0.1) is 5.82 Å². The number of carbonyl (C=O) groups is 1. The minimum absolute atomic E-state index is 0.228. The molecule has 2 rings (SSSR count). The van der Waals surface area contributed by atoms with Crippen molar-refractivity contribution in [2.45, 2.75) is 12.5 Å². The number of hydrogen-bond acceptors (Lipinski definition) is 4. The van der Waals surface area contributed by atoms with Crippen LogP contribution in [0.4, 0.5) is 18.9 Å². The molecule has 0 amide bonds. The lowest BCUT2D eigenvalue weighted by molar-refractivity contribution is -0.143. The molecule has 1 unspecified atom stereocenters. The number of halogens is 3. The van der Waals surface area contributed by atoms with Crippen molar-refractivity contribution in [1.29, 1.82) is 0 Å². The van der Waals surface area contributed by atoms with E-state index in [9.17, 15) is 18.0 Å². The van der Waals surface area contributed by atoms with Gasteiger partial charge in [0.25, 0.3) is 6.43 Å². The molecular weight excluding hydrogens is 249 g/mol. The molecule has 1 N–H and O–H groups in total. The molecule has 0 aromatic heterocycles. The molecule has 0 radical (unpaired) electrons. The predicted molar refractivity (Wildman–Crippen MR) is 57.6 cm³/mol. The Kier molecular flexibility index (Phi) is 3.42. The van der Waals surface area contributed by atoms with Gasteiger partial charge < -0.3 is 9.75 Å². The van der Waals surface area contributed by atoms with E-state index >= 15 is 0 Å². The fraction of sp³-hybridized carbons (Fsp3) is 0.364. The number of benzene rings is 1. The summed E-state index contributed by atoms with van der Waals surface area (Å²) in [5.41, 5.74) is 3.23. The van der Waals surface area contributed by atoms with Crippen molar-refractivity contribution in [2.75, 3.05) is 18.7 Å². The summed E-state index contributed by atoms with van der Waals surface area (Å²) < 4.78 is 42.5. The highest BCUT2D eigenvalue weighted by molar-refractivity contribution is 5.82. The van der Waals surface area contributed by atoms with E-state index in [0.717, 1.165) is 11.1 Å². The molecule has 0 fully saturated rings. The van der Waals surface area contributed by atoms with E-state index in [1.165, 1.54) is 19.2 Å². The molecule has 4 nitrogen and oxygen atoms in total. The summed E-state index contributed by atoms with van der Waals surface area (Å²) in [6.07, 6.45) is -2.61. The smallest absolute Gasteiger partial charge is 0.329 e. The number of carbonyl (C=O) groups excluding carboxylic acids is 1. The highest BCUT2D eigenvalue weighted by Crippen LogP contribution is 2.34. The Morgan fingerprint density at radius 2 is 2.28 bits per heavy atom. The third-order valence-corrected chi connectivity index (χ3v) is 2.64. The van der Waals surface area contributed by atoms with Crippen LogP contribution < -0.4 is 10.4 Å². The molecule has 0 aliphatic carbocycles. The van der Waals surface area contributed by atoms with Crippen LogP contribution in [0.3, 0.4) is 0 Å². The standard InChI is InChI=1S/C11H11F3N2O2/c1-18-11(17)10-7-3-2-6(12)4-8(7)16(15-10)5-9(13)14/h2-4,9-10,15H,5H2,1H3. The first-order chi connectivity index (χ1) is 8.52. The van der Waals surface area contributed by atoms with E-state index in [1.54, 1.807) is 0 Å². The lowest BCUT2D eigenvalue weighted by Gasteiger charge is -2.19. The number of fused-ring (bicyclic) bond motifs is 1. The van der Waals surface area contributed by atoms with E-state index in [0.29, 0.717) is 5.56 Å². The van der Waals surface area contributed by atoms with Crippen molar-refractivity contribution in [3.8, 4) is 0 Å². The second kappa shape index (κ2) is 4.85. The van der Waals surface area contributed by atoms with Crippen LogP contribution in [0.25, 0.3) is 0 Å². The average molecular weight is 260 g/mol. The second-order valence-electron chi connectivity index (χ2n) is 3.79. The summed E-state index contributed by atoms with van der Waals surface area (Å²) in [4.78, 5) is 11.5. The average Bonchev–Trinajstić information content (AvgIpc) is 2.66. The highest BCUT2D eigenvalue weighted by Gasteiger charge is 2.35. The van der Waals surface area contributed by atoms with Crippen LogP contribution in [0.15, 0.2) is 18.2 Å². The van der Waals surface area contributed by atoms with Gasteiger partial charge >= 0.3 is 5.97 Å². The van der Waals surface area contributed by atoms with Gasteiger partial charge in [0.15, 0.2) is 6.04 Å². The SMILES string of the molecule is COC(=O)C1NN(CC(F)F)c2cc(F)ccc21. The predicted octanol–water partition coefficient (Wildman–Crippen LogP) is 1.63. The first-order valence-corrected chi connectivity index (χ1v) is 5.22. The van der Waals surface area contributed by atoms with Crippen LogP contribution in [0.1, 0.15) is 11.6 Å². The maximum Gasteiger partial charge on any atom is 0.329 e. The third kappa shape index (κ3) is 2.26. The van der Waals surface area contributed by atoms with Crippen LogP contribution in [-0.2, 0) is 9.53 Å². The summed E-state index contributed by atoms with van der Waals surface area (Å²) in [5.74, 6) is -1.17. The van der Waals surface area contributed by atoms with Crippen molar-refractivity contribution in [3.63, 3.8) is 0 Å². The molecule has 1 heterocycles. The molecule has 0 saturated heterocycles. The van der Waals surface area contributed by atoms with Crippen LogP contribution in [-0.4, -0.2) is 26.0 Å². The number of methoxy groups -OCH3 is 1. The van der Waals surface area contributed by atoms with Gasteiger partial charge in [0.05, 0.1) is 19.3 Å². The number of hydrazine groups is 1. The Hall–Kier alpha value is -1.76. The van der Waals surface area contributed by atoms with Gasteiger partial charge in [0.1, 0.15) is 5.82 Å². The summed E-state index contributed by atoms with van der Waals surface area (Å²) in [5, 5.41) is 1.06. The third-order valence-electron chi connectivity index (χ3n) is 2.64. The maximum absolute atomic E-state index is 13.1. The highest BCUT2D eigenvalue weighted by atomic mass is 19.3. The number of anilines is 1. The summed E-state index contributed by atoms with van der Waals surface area (Å²) >= 11 is 0. The maximum atomic E-state index is 13.1. The fourth-order valence-corrected chi connectivity index (χ4v) is 1.88. The van der Waals surface area contributed by atoms with E-state index in [4.69, 9.17) is 0 Å². The number of rotatable bonds is 3. The molecule has 1 atom stereocenters. The van der Waals surface area contributed by atoms with E-state index in [1.807, 2.05) is 0 Å². The lowest BCUT2D eigenvalue weighted by Crippen LogP contribution is -2.40. The Labute approximate surface area is 101 Å². The van der Waals surface area contributed by atoms with Crippen LogP contribution >= 0.6 is 0 Å². The molecule has 98 valence electrons. The summed E-state index contributed by atoms with van der Waals surface area (Å²) in [6.45, 7) is -0.635. The topological polar surface area (TPSA) is 41.6 Å². The molecule has 0 bridgehead atoms. The van der Waals surface area contributed by atoms with E-state index in [2.05, 4.69) is 10.2 Å². The molecule has 1 aliphatic rings. The van der Waals surface area contributed by atoms with Crippen LogP contribution in [0.5, 0.6) is 0 Å². The van der Waals surface area contributed by atoms with Gasteiger partial charge in [-0.1, -0.05) is 6.07 Å². The summed E-state index contributed by atoms with van der Waals surface area (Å²) in [6, 6.07) is 2.77. The Bertz CT molecular complexity index is 468. The van der Waals surface area contributed by atoms with Crippen molar-refractivity contribution in [2.24, 2.45) is 0 Å². The number of ether oxygens (including phenoxy) is 1. The van der Waals surface area contributed by atoms with Gasteiger partial charge in [-0.25, -0.2) is 23.4 Å². The minimum atomic E-state index is -2.61. The largest absolute Gasteiger partial charge is 0.468 e. The van der Waals surface area contributed by atoms with Gasteiger partial charge in [0.2, 0.25) is 0 Å². The molecule has 18 heavy (non-hydrogen) atoms. The zero-order valence-electron chi connectivity index (χ0n) is 9.49. The minimum Gasteiger partial charge on any atom is -0.468 e. The van der Waals surface area contributed by atoms with Crippen molar-refractivity contribution < 1.29 is 22.7 Å². The van der Waals surface area contributed by atoms with E-state index < -0.39 is 30.8 Å². The second-order valence-corrected chi connectivity index (χ2v) is 3.79. The van der Waals surface area contributed by atoms with Gasteiger partial charge in [-0.05, 0) is 12.1 Å². The van der Waals surface area contributed by atoms with Crippen molar-refractivity contribution in [3.05, 3.63) is 29.6 Å². The zero-order valence-corrected chi connectivity index (χ0v) is 9.49. The van der Waals surface area contributed by atoms with Gasteiger partial charge in [0, 0.05) is 5.56 Å². The van der Waals surface area contributed by atoms with Gasteiger partial charge in [-0.15, -0.1) is 0 Å². The molecule has 7 heteroatoms. The van der Waals surface area contributed by atoms with Gasteiger partial charge in [-0.2, -0.15) is 0 Å². The monoisotopic (exact) mass is 260 g/mol. The normalized spacial score (nSPS) is 18.1. The quantitative estimate of drug-likeness (QED) is 0.839. The van der Waals surface area contributed by atoms with Crippen LogP contribution in [0.2, 0.25) is 0 Å². The first-order valence-electron chi connectivity index (χ1n) is 5.22. The number of alkyl halides is 2. The van der Waals surface area contributed by atoms with Crippen molar-refractivity contribution >= 4 is 11.7 Å². The lowest BCUT2D eigenvalue weighted by atomic mass is 10.1. The number of esters is 1. The number of hydrogen-bond donors (Lipinski definition) is 1. The zero-order chi connectivity index (χ0) is 13.3. The van der Waals surface area contributed by atoms with E-state index in [-0.39, 0.29) is 5.69 Å². The number of nitrogens with zero attached hydrogens (tertiary/aromatic N) is 1. The first kappa shape index (κ1) is 12.7.